The van der Waals surface area contributed by atoms with Gasteiger partial charge in [-0.1, -0.05) is 0 Å². The van der Waals surface area contributed by atoms with E-state index in [1.807, 2.05) is 0 Å². The Hall–Kier alpha value is -1.52. The van der Waals surface area contributed by atoms with Crippen LogP contribution >= 0.6 is 0 Å². The average Bonchev–Trinajstić information content (AvgIpc) is 2.76. The third-order valence-corrected chi connectivity index (χ3v) is 4.71. The minimum absolute atomic E-state index is 0.551. The maximum Gasteiger partial charge on any atom is 0.159 e. The van der Waals surface area contributed by atoms with E-state index in [1.54, 1.807) is 13.8 Å². The minimum atomic E-state index is -1.04. The molecule has 1 aromatic carbocycles. The van der Waals surface area contributed by atoms with Crippen LogP contribution in [0.2, 0.25) is 0 Å². The topological polar surface area (TPSA) is 43.6 Å². The van der Waals surface area contributed by atoms with Gasteiger partial charge in [0, 0.05) is 23.2 Å². The molecule has 1 aliphatic rings. The molecule has 1 fully saturated rings. The zero-order valence-corrected chi connectivity index (χ0v) is 15.0. The summed E-state index contributed by atoms with van der Waals surface area (Å²) >= 11 is 0. The van der Waals surface area contributed by atoms with Crippen molar-refractivity contribution < 1.29 is 14.6 Å². The van der Waals surface area contributed by atoms with Crippen LogP contribution in [0.15, 0.2) is 24.3 Å². The molecule has 0 bridgehead atoms. The second-order valence-corrected chi connectivity index (χ2v) is 7.31. The molecule has 0 radical (unpaired) electrons. The Morgan fingerprint density at radius 2 is 1.92 bits per heavy atom. The van der Waals surface area contributed by atoms with E-state index in [0.717, 1.165) is 18.6 Å². The molecule has 0 spiro atoms. The summed E-state index contributed by atoms with van der Waals surface area (Å²) in [4.78, 5) is 0. The van der Waals surface area contributed by atoms with E-state index in [0.29, 0.717) is 19.3 Å². The van der Waals surface area contributed by atoms with E-state index >= 15 is 0 Å². The highest BCUT2D eigenvalue weighted by atomic mass is 16.6. The number of hydrogen-bond acceptors (Lipinski definition) is 3. The molecular formula is C20H29NO3. The molecule has 132 valence electrons. The molecule has 0 aliphatic heterocycles. The van der Waals surface area contributed by atoms with Gasteiger partial charge in [0.25, 0.3) is 0 Å². The molecule has 2 aromatic rings. The number of aromatic nitrogens is 1. The van der Waals surface area contributed by atoms with Gasteiger partial charge in [-0.15, -0.1) is 0 Å². The van der Waals surface area contributed by atoms with Crippen molar-refractivity contribution in [3.8, 4) is 5.75 Å². The number of fused-ring (bicyclic) bond motifs is 1. The Morgan fingerprint density at radius 1 is 1.17 bits per heavy atom. The molecule has 0 unspecified atom stereocenters. The number of unbranched alkanes of at least 4 members (excludes halogenated alkanes) is 1. The minimum Gasteiger partial charge on any atom is -0.494 e. The third-order valence-electron chi connectivity index (χ3n) is 4.71. The number of nitrogens with zero attached hydrogens (tertiary/aromatic N) is 1. The molecule has 0 saturated heterocycles. The summed E-state index contributed by atoms with van der Waals surface area (Å²) < 4.78 is 13.7. The highest BCUT2D eigenvalue weighted by Crippen LogP contribution is 2.37. The number of hydrogen-bond donors (Lipinski definition) is 1. The molecule has 4 nitrogen and oxygen atoms in total. The second-order valence-electron chi connectivity index (χ2n) is 7.31. The number of rotatable bonds is 8. The van der Waals surface area contributed by atoms with Crippen LogP contribution in [-0.4, -0.2) is 28.7 Å². The first-order valence-corrected chi connectivity index (χ1v) is 9.05. The van der Waals surface area contributed by atoms with Gasteiger partial charge in [0.1, 0.15) is 5.75 Å². The molecule has 1 aromatic heterocycles. The van der Waals surface area contributed by atoms with E-state index in [4.69, 9.17) is 9.47 Å². The van der Waals surface area contributed by atoms with Gasteiger partial charge in [-0.05, 0) is 71.1 Å². The Balaban J connectivity index is 1.55. The fourth-order valence-corrected chi connectivity index (χ4v) is 3.27. The van der Waals surface area contributed by atoms with E-state index in [9.17, 15) is 5.11 Å². The van der Waals surface area contributed by atoms with Crippen LogP contribution in [0, 0.1) is 6.92 Å². The lowest BCUT2D eigenvalue weighted by Gasteiger charge is -2.29. The SMILES string of the molecule is Cc1cc2ccc(OCCCCOC(C)(C)O)cc2n1C1CCC1. The Kier molecular flexibility index (Phi) is 5.16. The monoisotopic (exact) mass is 331 g/mol. The number of aryl methyl sites for hydroxylation is 1. The van der Waals surface area contributed by atoms with Gasteiger partial charge in [-0.3, -0.25) is 0 Å². The fraction of sp³-hybridized carbons (Fsp3) is 0.600. The van der Waals surface area contributed by atoms with Crippen molar-refractivity contribution in [3.05, 3.63) is 30.0 Å². The van der Waals surface area contributed by atoms with E-state index < -0.39 is 5.79 Å². The molecule has 4 heteroatoms. The summed E-state index contributed by atoms with van der Waals surface area (Å²) in [5.74, 6) is -0.110. The summed E-state index contributed by atoms with van der Waals surface area (Å²) in [6, 6.07) is 9.32. The zero-order chi connectivity index (χ0) is 17.2. The van der Waals surface area contributed by atoms with Crippen molar-refractivity contribution in [2.45, 2.75) is 64.7 Å². The smallest absolute Gasteiger partial charge is 0.159 e. The first-order chi connectivity index (χ1) is 11.4. The van der Waals surface area contributed by atoms with Crippen molar-refractivity contribution >= 4 is 10.9 Å². The largest absolute Gasteiger partial charge is 0.494 e. The van der Waals surface area contributed by atoms with Crippen LogP contribution in [0.25, 0.3) is 10.9 Å². The van der Waals surface area contributed by atoms with Crippen molar-refractivity contribution in [2.75, 3.05) is 13.2 Å². The lowest BCUT2D eigenvalue weighted by molar-refractivity contribution is -0.176. The van der Waals surface area contributed by atoms with Gasteiger partial charge in [-0.2, -0.15) is 0 Å². The molecule has 0 amide bonds. The van der Waals surface area contributed by atoms with Gasteiger partial charge in [0.2, 0.25) is 0 Å². The van der Waals surface area contributed by atoms with Gasteiger partial charge >= 0.3 is 0 Å². The predicted molar refractivity (Wildman–Crippen MR) is 96.5 cm³/mol. The number of ether oxygens (including phenoxy) is 2. The predicted octanol–water partition coefficient (Wildman–Crippen LogP) is 4.58. The normalized spacial score (nSPS) is 15.7. The van der Waals surface area contributed by atoms with Crippen molar-refractivity contribution in [1.29, 1.82) is 0 Å². The highest BCUT2D eigenvalue weighted by Gasteiger charge is 2.22. The van der Waals surface area contributed by atoms with E-state index in [1.165, 1.54) is 35.9 Å². The van der Waals surface area contributed by atoms with Gasteiger partial charge in [0.15, 0.2) is 5.79 Å². The molecule has 1 N–H and O–H groups in total. The number of benzene rings is 1. The third kappa shape index (κ3) is 4.11. The van der Waals surface area contributed by atoms with Crippen molar-refractivity contribution in [1.82, 2.24) is 4.57 Å². The Bertz CT molecular complexity index is 680. The van der Waals surface area contributed by atoms with Crippen LogP contribution < -0.4 is 4.74 Å². The first-order valence-electron chi connectivity index (χ1n) is 9.05. The summed E-state index contributed by atoms with van der Waals surface area (Å²) in [5.41, 5.74) is 2.63. The molecule has 0 atom stereocenters. The molecule has 1 saturated carbocycles. The summed E-state index contributed by atoms with van der Waals surface area (Å²) in [5, 5.41) is 10.8. The van der Waals surface area contributed by atoms with Crippen LogP contribution in [0.1, 0.15) is 57.7 Å². The van der Waals surface area contributed by atoms with Crippen molar-refractivity contribution in [3.63, 3.8) is 0 Å². The van der Waals surface area contributed by atoms with E-state index in [-0.39, 0.29) is 0 Å². The molecule has 3 rings (SSSR count). The van der Waals surface area contributed by atoms with Gasteiger partial charge in [0.05, 0.1) is 18.7 Å². The van der Waals surface area contributed by atoms with Crippen LogP contribution in [0.3, 0.4) is 0 Å². The zero-order valence-electron chi connectivity index (χ0n) is 15.0. The maximum absolute atomic E-state index is 9.49. The second kappa shape index (κ2) is 7.16. The molecule has 1 heterocycles. The lowest BCUT2D eigenvalue weighted by Crippen LogP contribution is -2.23. The highest BCUT2D eigenvalue weighted by molar-refractivity contribution is 5.83. The van der Waals surface area contributed by atoms with Crippen LogP contribution in [0.4, 0.5) is 0 Å². The van der Waals surface area contributed by atoms with Gasteiger partial charge < -0.3 is 19.1 Å². The lowest BCUT2D eigenvalue weighted by atomic mass is 9.92. The quantitative estimate of drug-likeness (QED) is 0.569. The average molecular weight is 331 g/mol. The van der Waals surface area contributed by atoms with Crippen LogP contribution in [0.5, 0.6) is 5.75 Å². The first kappa shape index (κ1) is 17.3. The Morgan fingerprint density at radius 3 is 2.58 bits per heavy atom. The van der Waals surface area contributed by atoms with Gasteiger partial charge in [-0.25, -0.2) is 0 Å². The van der Waals surface area contributed by atoms with E-state index in [2.05, 4.69) is 35.8 Å². The van der Waals surface area contributed by atoms with Crippen molar-refractivity contribution in [2.24, 2.45) is 0 Å². The summed E-state index contributed by atoms with van der Waals surface area (Å²) in [6.45, 7) is 6.72. The summed E-state index contributed by atoms with van der Waals surface area (Å²) in [6.07, 6.45) is 5.71. The molecular weight excluding hydrogens is 302 g/mol. The van der Waals surface area contributed by atoms with Crippen LogP contribution in [-0.2, 0) is 4.74 Å². The standard InChI is InChI=1S/C20H29NO3/c1-15-13-16-9-10-18(14-19(16)21(15)17-7-6-8-17)23-11-4-5-12-24-20(2,3)22/h9-10,13-14,17,22H,4-8,11-12H2,1-3H3. The fourth-order valence-electron chi connectivity index (χ4n) is 3.27. The molecule has 1 aliphatic carbocycles. The maximum atomic E-state index is 9.49. The Labute approximate surface area is 144 Å². The summed E-state index contributed by atoms with van der Waals surface area (Å²) in [7, 11) is 0. The molecule has 24 heavy (non-hydrogen) atoms. The number of aliphatic hydroxyl groups is 1.